The van der Waals surface area contributed by atoms with E-state index in [2.05, 4.69) is 15.9 Å². The summed E-state index contributed by atoms with van der Waals surface area (Å²) in [6, 6.07) is 5.85. The zero-order valence-corrected chi connectivity index (χ0v) is 7.87. The summed E-state index contributed by atoms with van der Waals surface area (Å²) < 4.78 is 10.4. The van der Waals surface area contributed by atoms with Crippen LogP contribution in [0, 0.1) is 0 Å². The van der Waals surface area contributed by atoms with Gasteiger partial charge in [0.1, 0.15) is 12.5 Å². The molecule has 0 amide bonds. The first-order chi connectivity index (χ1) is 5.90. The minimum atomic E-state index is 0.766. The van der Waals surface area contributed by atoms with E-state index < -0.39 is 0 Å². The predicted molar refractivity (Wildman–Crippen MR) is 49.5 cm³/mol. The Morgan fingerprint density at radius 3 is 2.58 bits per heavy atom. The number of hydrogen-bond acceptors (Lipinski definition) is 2. The molecule has 0 fully saturated rings. The number of halogens is 1. The van der Waals surface area contributed by atoms with E-state index in [9.17, 15) is 0 Å². The summed E-state index contributed by atoms with van der Waals surface area (Å²) in [5.74, 6) is 1.54. The van der Waals surface area contributed by atoms with Gasteiger partial charge in [-0.3, -0.25) is 0 Å². The van der Waals surface area contributed by atoms with E-state index >= 15 is 0 Å². The maximum atomic E-state index is 5.24. The molecule has 0 unspecified atom stereocenters. The van der Waals surface area contributed by atoms with Crippen molar-refractivity contribution < 1.29 is 9.47 Å². The largest absolute Gasteiger partial charge is 0.458 e. The zero-order chi connectivity index (χ0) is 8.39. The molecule has 0 saturated carbocycles. The molecule has 0 N–H and O–H groups in total. The van der Waals surface area contributed by atoms with Crippen LogP contribution in [0.15, 0.2) is 30.7 Å². The average Bonchev–Trinajstić information content (AvgIpc) is 2.17. The van der Waals surface area contributed by atoms with Crippen molar-refractivity contribution in [1.82, 2.24) is 0 Å². The van der Waals surface area contributed by atoms with E-state index in [1.807, 2.05) is 18.2 Å². The molecule has 3 heteroatoms. The van der Waals surface area contributed by atoms with Crippen LogP contribution in [0.5, 0.6) is 11.5 Å². The van der Waals surface area contributed by atoms with E-state index in [4.69, 9.17) is 9.47 Å². The van der Waals surface area contributed by atoms with Crippen LogP contribution in [-0.2, 0) is 5.33 Å². The molecular formula is C9H7BrO2. The van der Waals surface area contributed by atoms with Gasteiger partial charge in [0.15, 0.2) is 11.5 Å². The fourth-order valence-corrected chi connectivity index (χ4v) is 1.38. The molecule has 12 heavy (non-hydrogen) atoms. The number of fused-ring (bicyclic) bond motifs is 1. The lowest BCUT2D eigenvalue weighted by atomic mass is 10.2. The fraction of sp³-hybridized carbons (Fsp3) is 0.111. The molecule has 1 aliphatic heterocycles. The van der Waals surface area contributed by atoms with Gasteiger partial charge in [0.05, 0.1) is 0 Å². The fourth-order valence-electron chi connectivity index (χ4n) is 1.03. The Balaban J connectivity index is 2.39. The molecule has 0 saturated heterocycles. The smallest absolute Gasteiger partial charge is 0.169 e. The second-order valence-corrected chi connectivity index (χ2v) is 2.98. The summed E-state index contributed by atoms with van der Waals surface area (Å²) in [4.78, 5) is 0. The second-order valence-electron chi connectivity index (χ2n) is 2.42. The lowest BCUT2D eigenvalue weighted by molar-refractivity contribution is 0.361. The first-order valence-electron chi connectivity index (χ1n) is 3.57. The molecule has 0 aliphatic carbocycles. The first kappa shape index (κ1) is 7.68. The molecule has 1 aromatic carbocycles. The Morgan fingerprint density at radius 2 is 1.83 bits per heavy atom. The van der Waals surface area contributed by atoms with Gasteiger partial charge in [0.2, 0.25) is 0 Å². The van der Waals surface area contributed by atoms with Crippen molar-refractivity contribution in [2.24, 2.45) is 0 Å². The van der Waals surface area contributed by atoms with Gasteiger partial charge in [0.25, 0.3) is 0 Å². The van der Waals surface area contributed by atoms with E-state index in [1.165, 1.54) is 18.1 Å². The third kappa shape index (κ3) is 1.32. The third-order valence-corrected chi connectivity index (χ3v) is 2.26. The van der Waals surface area contributed by atoms with Gasteiger partial charge < -0.3 is 9.47 Å². The zero-order valence-electron chi connectivity index (χ0n) is 6.29. The summed E-state index contributed by atoms with van der Waals surface area (Å²) in [6.07, 6.45) is 3.05. The average molecular weight is 227 g/mol. The van der Waals surface area contributed by atoms with Crippen molar-refractivity contribution in [1.29, 1.82) is 0 Å². The maximum Gasteiger partial charge on any atom is 0.169 e. The van der Waals surface area contributed by atoms with Gasteiger partial charge in [-0.2, -0.15) is 0 Å². The molecule has 0 bridgehead atoms. The predicted octanol–water partition coefficient (Wildman–Crippen LogP) is 2.82. The standard InChI is InChI=1S/C9H7BrO2/c10-6-7-1-2-8-9(5-7)12-4-3-11-8/h1-5H,6H2. The van der Waals surface area contributed by atoms with Crippen LogP contribution in [0.3, 0.4) is 0 Å². The molecule has 0 aromatic heterocycles. The Labute approximate surface area is 78.9 Å². The molecule has 0 spiro atoms. The lowest BCUT2D eigenvalue weighted by Crippen LogP contribution is -1.96. The summed E-state index contributed by atoms with van der Waals surface area (Å²) in [7, 11) is 0. The highest BCUT2D eigenvalue weighted by Crippen LogP contribution is 2.31. The lowest BCUT2D eigenvalue weighted by Gasteiger charge is -2.12. The van der Waals surface area contributed by atoms with Gasteiger partial charge in [-0.1, -0.05) is 22.0 Å². The molecule has 2 nitrogen and oxygen atoms in total. The molecule has 1 heterocycles. The Morgan fingerprint density at radius 1 is 1.08 bits per heavy atom. The van der Waals surface area contributed by atoms with Crippen LogP contribution in [0.25, 0.3) is 0 Å². The molecule has 1 aliphatic rings. The molecule has 2 rings (SSSR count). The molecular weight excluding hydrogens is 220 g/mol. The van der Waals surface area contributed by atoms with Crippen LogP contribution >= 0.6 is 15.9 Å². The van der Waals surface area contributed by atoms with E-state index in [0.29, 0.717) is 0 Å². The van der Waals surface area contributed by atoms with E-state index in [1.54, 1.807) is 0 Å². The van der Waals surface area contributed by atoms with Crippen LogP contribution < -0.4 is 9.47 Å². The number of ether oxygens (including phenoxy) is 2. The van der Waals surface area contributed by atoms with Crippen molar-refractivity contribution >= 4 is 15.9 Å². The summed E-state index contributed by atoms with van der Waals surface area (Å²) in [5.41, 5.74) is 1.17. The summed E-state index contributed by atoms with van der Waals surface area (Å²) >= 11 is 3.37. The monoisotopic (exact) mass is 226 g/mol. The van der Waals surface area contributed by atoms with Crippen LogP contribution in [-0.4, -0.2) is 0 Å². The van der Waals surface area contributed by atoms with Gasteiger partial charge in [-0.15, -0.1) is 0 Å². The van der Waals surface area contributed by atoms with Crippen molar-refractivity contribution in [3.63, 3.8) is 0 Å². The topological polar surface area (TPSA) is 18.5 Å². The van der Waals surface area contributed by atoms with Gasteiger partial charge >= 0.3 is 0 Å². The van der Waals surface area contributed by atoms with Gasteiger partial charge in [0, 0.05) is 5.33 Å². The second kappa shape index (κ2) is 3.19. The third-order valence-electron chi connectivity index (χ3n) is 1.61. The number of alkyl halides is 1. The SMILES string of the molecule is BrCc1ccc2c(c1)OC=CO2. The van der Waals surface area contributed by atoms with E-state index in [-0.39, 0.29) is 0 Å². The summed E-state index contributed by atoms with van der Waals surface area (Å²) in [6.45, 7) is 0. The van der Waals surface area contributed by atoms with Crippen molar-refractivity contribution in [3.8, 4) is 11.5 Å². The van der Waals surface area contributed by atoms with Crippen LogP contribution in [0.4, 0.5) is 0 Å². The van der Waals surface area contributed by atoms with E-state index in [0.717, 1.165) is 16.8 Å². The minimum absolute atomic E-state index is 0.766. The number of hydrogen-bond donors (Lipinski definition) is 0. The Kier molecular flexibility index (Phi) is 2.04. The highest BCUT2D eigenvalue weighted by Gasteiger charge is 2.07. The maximum absolute atomic E-state index is 5.24. The number of rotatable bonds is 1. The molecule has 1 aromatic rings. The number of benzene rings is 1. The normalized spacial score (nSPS) is 13.1. The highest BCUT2D eigenvalue weighted by atomic mass is 79.9. The minimum Gasteiger partial charge on any atom is -0.458 e. The first-order valence-corrected chi connectivity index (χ1v) is 4.69. The molecule has 62 valence electrons. The van der Waals surface area contributed by atoms with Gasteiger partial charge in [-0.25, -0.2) is 0 Å². The Bertz CT molecular complexity index is 320. The van der Waals surface area contributed by atoms with Crippen molar-refractivity contribution in [2.45, 2.75) is 5.33 Å². The molecule has 0 radical (unpaired) electrons. The van der Waals surface area contributed by atoms with Crippen LogP contribution in [0.1, 0.15) is 5.56 Å². The van der Waals surface area contributed by atoms with Crippen LogP contribution in [0.2, 0.25) is 0 Å². The quantitative estimate of drug-likeness (QED) is 0.686. The summed E-state index contributed by atoms with van der Waals surface area (Å²) in [5, 5.41) is 0.827. The van der Waals surface area contributed by atoms with Crippen molar-refractivity contribution in [3.05, 3.63) is 36.3 Å². The highest BCUT2D eigenvalue weighted by molar-refractivity contribution is 9.08. The van der Waals surface area contributed by atoms with Crippen molar-refractivity contribution in [2.75, 3.05) is 0 Å². The Hall–Kier alpha value is -0.960. The molecule has 0 atom stereocenters. The van der Waals surface area contributed by atoms with Gasteiger partial charge in [-0.05, 0) is 17.7 Å².